The summed E-state index contributed by atoms with van der Waals surface area (Å²) in [6, 6.07) is 9.50. The van der Waals surface area contributed by atoms with E-state index in [9.17, 15) is 14.7 Å². The average Bonchev–Trinajstić information content (AvgIpc) is 2.96. The normalized spacial score (nSPS) is 10.6. The van der Waals surface area contributed by atoms with Gasteiger partial charge in [-0.2, -0.15) is 5.10 Å². The third-order valence-electron chi connectivity index (χ3n) is 2.63. The summed E-state index contributed by atoms with van der Waals surface area (Å²) >= 11 is 0. The highest BCUT2D eigenvalue weighted by molar-refractivity contribution is 5.87. The van der Waals surface area contributed by atoms with Gasteiger partial charge in [-0.05, 0) is 30.7 Å². The summed E-state index contributed by atoms with van der Waals surface area (Å²) in [5.41, 5.74) is 2.83. The number of aromatic carboxylic acids is 1. The van der Waals surface area contributed by atoms with Crippen molar-refractivity contribution < 1.29 is 23.8 Å². The van der Waals surface area contributed by atoms with E-state index in [-0.39, 0.29) is 12.2 Å². The van der Waals surface area contributed by atoms with Crippen molar-refractivity contribution in [3.8, 4) is 11.3 Å². The van der Waals surface area contributed by atoms with Crippen molar-refractivity contribution in [2.45, 2.75) is 6.92 Å². The van der Waals surface area contributed by atoms with E-state index in [0.29, 0.717) is 17.1 Å². The molecule has 0 aliphatic carbocycles. The average molecular weight is 301 g/mol. The number of carbonyl (C=O) groups is 2. The van der Waals surface area contributed by atoms with Crippen LogP contribution in [-0.2, 0) is 4.74 Å². The number of nitrogens with zero attached hydrogens (tertiary/aromatic N) is 1. The minimum absolute atomic E-state index is 0.0631. The van der Waals surface area contributed by atoms with Crippen molar-refractivity contribution in [2.24, 2.45) is 5.10 Å². The molecular weight excluding hydrogens is 288 g/mol. The standard InChI is InChI=1S/C15H14N2O5/c1-2-21-15(20)17-16-9-12-6-7-13(22-12)10-4-3-5-11(8-10)14(18)19/h3-9H,2H2,1H3,(H,17,20)(H,18,19)/p-1. The zero-order valence-corrected chi connectivity index (χ0v) is 11.7. The second kappa shape index (κ2) is 7.07. The van der Waals surface area contributed by atoms with E-state index < -0.39 is 12.1 Å². The molecule has 1 amide bonds. The van der Waals surface area contributed by atoms with Gasteiger partial charge in [0, 0.05) is 5.56 Å². The van der Waals surface area contributed by atoms with E-state index in [1.807, 2.05) is 0 Å². The smallest absolute Gasteiger partial charge is 0.427 e. The lowest BCUT2D eigenvalue weighted by molar-refractivity contribution is -0.255. The Morgan fingerprint density at radius 2 is 2.18 bits per heavy atom. The monoisotopic (exact) mass is 301 g/mol. The Labute approximate surface area is 126 Å². The summed E-state index contributed by atoms with van der Waals surface area (Å²) in [6.07, 6.45) is 0.649. The van der Waals surface area contributed by atoms with Crippen LogP contribution < -0.4 is 10.5 Å². The quantitative estimate of drug-likeness (QED) is 0.664. The van der Waals surface area contributed by atoms with Crippen LogP contribution in [0.2, 0.25) is 0 Å². The SMILES string of the molecule is CCOC(=O)NN=Cc1ccc(-c2cccc(C(=O)[O-])c2)o1. The van der Waals surface area contributed by atoms with Gasteiger partial charge in [0.1, 0.15) is 11.5 Å². The van der Waals surface area contributed by atoms with E-state index in [4.69, 9.17) is 4.42 Å². The van der Waals surface area contributed by atoms with E-state index in [1.165, 1.54) is 18.3 Å². The van der Waals surface area contributed by atoms with Crippen molar-refractivity contribution in [1.29, 1.82) is 0 Å². The summed E-state index contributed by atoms with van der Waals surface area (Å²) in [7, 11) is 0. The Bertz CT molecular complexity index is 705. The minimum atomic E-state index is -1.26. The lowest BCUT2D eigenvalue weighted by Crippen LogP contribution is -2.22. The molecular formula is C15H13N2O5-. The molecule has 1 heterocycles. The highest BCUT2D eigenvalue weighted by atomic mass is 16.5. The van der Waals surface area contributed by atoms with Crippen LogP contribution in [-0.4, -0.2) is 24.9 Å². The molecule has 0 bridgehead atoms. The molecule has 0 saturated carbocycles. The zero-order chi connectivity index (χ0) is 15.9. The second-order valence-corrected chi connectivity index (χ2v) is 4.16. The van der Waals surface area contributed by atoms with Crippen LogP contribution >= 0.6 is 0 Å². The number of amides is 1. The van der Waals surface area contributed by atoms with Crippen LogP contribution in [0.3, 0.4) is 0 Å². The number of nitrogens with one attached hydrogen (secondary N) is 1. The van der Waals surface area contributed by atoms with Gasteiger partial charge in [0.25, 0.3) is 0 Å². The van der Waals surface area contributed by atoms with Gasteiger partial charge in [-0.25, -0.2) is 10.2 Å². The number of ether oxygens (including phenoxy) is 1. The third-order valence-corrected chi connectivity index (χ3v) is 2.63. The number of carbonyl (C=O) groups excluding carboxylic acids is 2. The summed E-state index contributed by atoms with van der Waals surface area (Å²) < 4.78 is 10.1. The second-order valence-electron chi connectivity index (χ2n) is 4.16. The lowest BCUT2D eigenvalue weighted by atomic mass is 10.1. The van der Waals surface area contributed by atoms with Crippen molar-refractivity contribution in [2.75, 3.05) is 6.61 Å². The molecule has 0 atom stereocenters. The summed E-state index contributed by atoms with van der Waals surface area (Å²) in [5, 5.41) is 14.5. The van der Waals surface area contributed by atoms with Gasteiger partial charge in [0.05, 0.1) is 18.8 Å². The van der Waals surface area contributed by atoms with Crippen molar-refractivity contribution in [3.05, 3.63) is 47.7 Å². The van der Waals surface area contributed by atoms with Crippen molar-refractivity contribution >= 4 is 18.3 Å². The molecule has 114 valence electrons. The molecule has 0 spiro atoms. The minimum Gasteiger partial charge on any atom is -0.545 e. The molecule has 2 rings (SSSR count). The van der Waals surface area contributed by atoms with Gasteiger partial charge >= 0.3 is 6.09 Å². The molecule has 0 aliphatic heterocycles. The van der Waals surface area contributed by atoms with Crippen LogP contribution in [0.15, 0.2) is 45.9 Å². The van der Waals surface area contributed by atoms with Gasteiger partial charge in [0.15, 0.2) is 0 Å². The fourth-order valence-electron chi connectivity index (χ4n) is 1.69. The first-order valence-corrected chi connectivity index (χ1v) is 6.47. The predicted octanol–water partition coefficient (Wildman–Crippen LogP) is 1.39. The van der Waals surface area contributed by atoms with Gasteiger partial charge < -0.3 is 19.1 Å². The first kappa shape index (κ1) is 15.3. The molecule has 1 N–H and O–H groups in total. The maximum atomic E-state index is 11.0. The Morgan fingerprint density at radius 1 is 1.36 bits per heavy atom. The first-order chi connectivity index (χ1) is 10.6. The number of hydrogen-bond donors (Lipinski definition) is 1. The van der Waals surface area contributed by atoms with Crippen LogP contribution in [0.1, 0.15) is 23.0 Å². The van der Waals surface area contributed by atoms with Crippen molar-refractivity contribution in [3.63, 3.8) is 0 Å². The molecule has 0 unspecified atom stereocenters. The summed E-state index contributed by atoms with van der Waals surface area (Å²) in [4.78, 5) is 21.9. The topological polar surface area (TPSA) is 104 Å². The third kappa shape index (κ3) is 3.95. The van der Waals surface area contributed by atoms with E-state index in [2.05, 4.69) is 15.3 Å². The molecule has 0 aliphatic rings. The Balaban J connectivity index is 2.08. The lowest BCUT2D eigenvalue weighted by Gasteiger charge is -2.03. The van der Waals surface area contributed by atoms with Gasteiger partial charge in [-0.3, -0.25) is 0 Å². The number of rotatable bonds is 5. The van der Waals surface area contributed by atoms with Crippen LogP contribution in [0, 0.1) is 0 Å². The van der Waals surface area contributed by atoms with E-state index in [0.717, 1.165) is 0 Å². The van der Waals surface area contributed by atoms with Gasteiger partial charge in [-0.15, -0.1) is 0 Å². The van der Waals surface area contributed by atoms with E-state index >= 15 is 0 Å². The van der Waals surface area contributed by atoms with Crippen LogP contribution in [0.4, 0.5) is 4.79 Å². The molecule has 1 aromatic heterocycles. The number of hydrazone groups is 1. The van der Waals surface area contributed by atoms with E-state index in [1.54, 1.807) is 31.2 Å². The Morgan fingerprint density at radius 3 is 2.91 bits per heavy atom. The molecule has 1 aromatic carbocycles. The van der Waals surface area contributed by atoms with Crippen LogP contribution in [0.5, 0.6) is 0 Å². The number of hydrogen-bond acceptors (Lipinski definition) is 6. The molecule has 7 heteroatoms. The molecule has 22 heavy (non-hydrogen) atoms. The Kier molecular flexibility index (Phi) is 4.92. The number of benzene rings is 1. The number of carboxylic acids is 1. The van der Waals surface area contributed by atoms with Gasteiger partial charge in [-0.1, -0.05) is 18.2 Å². The first-order valence-electron chi connectivity index (χ1n) is 6.47. The van der Waals surface area contributed by atoms with Crippen LogP contribution in [0.25, 0.3) is 11.3 Å². The number of furan rings is 1. The fourth-order valence-corrected chi connectivity index (χ4v) is 1.69. The van der Waals surface area contributed by atoms with Crippen molar-refractivity contribution in [1.82, 2.24) is 5.43 Å². The molecule has 2 aromatic rings. The molecule has 7 nitrogen and oxygen atoms in total. The van der Waals surface area contributed by atoms with Gasteiger partial charge in [0.2, 0.25) is 0 Å². The molecule has 0 fully saturated rings. The summed E-state index contributed by atoms with van der Waals surface area (Å²) in [5.74, 6) is -0.389. The Hall–Kier alpha value is -3.09. The maximum absolute atomic E-state index is 11.0. The highest BCUT2D eigenvalue weighted by Crippen LogP contribution is 2.22. The highest BCUT2D eigenvalue weighted by Gasteiger charge is 2.05. The zero-order valence-electron chi connectivity index (χ0n) is 11.7. The number of carboxylic acid groups (broad SMARTS) is 1. The summed E-state index contributed by atoms with van der Waals surface area (Å²) in [6.45, 7) is 1.93. The molecule has 0 saturated heterocycles. The molecule has 0 radical (unpaired) electrons. The predicted molar refractivity (Wildman–Crippen MR) is 76.2 cm³/mol. The fraction of sp³-hybridized carbons (Fsp3) is 0.133. The maximum Gasteiger partial charge on any atom is 0.427 e. The largest absolute Gasteiger partial charge is 0.545 e.